The van der Waals surface area contributed by atoms with Gasteiger partial charge >= 0.3 is 0 Å². The first-order valence-electron chi connectivity index (χ1n) is 5.44. The van der Waals surface area contributed by atoms with Crippen LogP contribution in [0.2, 0.25) is 0 Å². The number of benzene rings is 1. The lowest BCUT2D eigenvalue weighted by atomic mass is 10.2. The van der Waals surface area contributed by atoms with Gasteiger partial charge in [-0.2, -0.15) is 4.37 Å². The zero-order chi connectivity index (χ0) is 13.0. The molecule has 1 aromatic carbocycles. The molecule has 0 aliphatic carbocycles. The maximum atomic E-state index is 9.68. The third-order valence-corrected chi connectivity index (χ3v) is 4.05. The molecule has 4 nitrogen and oxygen atoms in total. The molecule has 1 N–H and O–H groups in total. The summed E-state index contributed by atoms with van der Waals surface area (Å²) in [5.41, 5.74) is 1.23. The van der Waals surface area contributed by atoms with Crippen molar-refractivity contribution in [1.29, 1.82) is 0 Å². The molecule has 0 radical (unpaired) electrons. The lowest BCUT2D eigenvalue weighted by Crippen LogP contribution is -2.06. The minimum Gasteiger partial charge on any atom is -0.383 e. The Morgan fingerprint density at radius 1 is 1.39 bits per heavy atom. The van der Waals surface area contributed by atoms with E-state index in [1.807, 2.05) is 12.1 Å². The summed E-state index contributed by atoms with van der Waals surface area (Å²) in [4.78, 5) is 5.40. The molecule has 6 heteroatoms. The van der Waals surface area contributed by atoms with Crippen molar-refractivity contribution in [1.82, 2.24) is 9.36 Å². The molecule has 0 aliphatic rings. The van der Waals surface area contributed by atoms with E-state index >= 15 is 0 Å². The van der Waals surface area contributed by atoms with Gasteiger partial charge in [-0.3, -0.25) is 0 Å². The average molecular weight is 282 g/mol. The Kier molecular flexibility index (Phi) is 4.71. The van der Waals surface area contributed by atoms with Crippen LogP contribution >= 0.6 is 23.3 Å². The fraction of sp³-hybridized carbons (Fsp3) is 0.333. The van der Waals surface area contributed by atoms with Gasteiger partial charge < -0.3 is 9.84 Å². The highest BCUT2D eigenvalue weighted by Gasteiger charge is 2.14. The molecule has 1 aromatic heterocycles. The van der Waals surface area contributed by atoms with Crippen LogP contribution in [0.5, 0.6) is 0 Å². The van der Waals surface area contributed by atoms with E-state index in [1.54, 1.807) is 11.8 Å². The van der Waals surface area contributed by atoms with Crippen LogP contribution in [0.25, 0.3) is 0 Å². The molecule has 0 spiro atoms. The van der Waals surface area contributed by atoms with Gasteiger partial charge in [0.2, 0.25) is 0 Å². The monoisotopic (exact) mass is 282 g/mol. The molecule has 2 aromatic rings. The standard InChI is InChI=1S/C12H14N2O2S2/c1-8-3-5-9(6-4-8)17-12-13-11(14-18-12)10(15)7-16-2/h3-6,10,15H,7H2,1-2H3/t10-/m1/s1. The zero-order valence-electron chi connectivity index (χ0n) is 10.2. The van der Waals surface area contributed by atoms with Crippen molar-refractivity contribution in [3.05, 3.63) is 35.7 Å². The summed E-state index contributed by atoms with van der Waals surface area (Å²) in [5.74, 6) is 0.427. The number of methoxy groups -OCH3 is 1. The number of hydrogen-bond donors (Lipinski definition) is 1. The molecule has 1 atom stereocenters. The van der Waals surface area contributed by atoms with Crippen LogP contribution in [0.3, 0.4) is 0 Å². The predicted molar refractivity (Wildman–Crippen MR) is 72.0 cm³/mol. The van der Waals surface area contributed by atoms with Crippen LogP contribution in [-0.2, 0) is 4.74 Å². The largest absolute Gasteiger partial charge is 0.383 e. The van der Waals surface area contributed by atoms with Gasteiger partial charge in [0.05, 0.1) is 6.61 Å². The quantitative estimate of drug-likeness (QED) is 0.913. The second-order valence-corrected chi connectivity index (χ2v) is 5.88. The van der Waals surface area contributed by atoms with E-state index in [0.29, 0.717) is 5.82 Å². The van der Waals surface area contributed by atoms with E-state index in [-0.39, 0.29) is 6.61 Å². The minimum atomic E-state index is -0.751. The zero-order valence-corrected chi connectivity index (χ0v) is 11.8. The average Bonchev–Trinajstić information content (AvgIpc) is 2.81. The van der Waals surface area contributed by atoms with Gasteiger partial charge in [0.1, 0.15) is 6.10 Å². The molecule has 18 heavy (non-hydrogen) atoms. The molecule has 0 saturated carbocycles. The number of aryl methyl sites for hydroxylation is 1. The molecule has 0 unspecified atom stereocenters. The summed E-state index contributed by atoms with van der Waals surface area (Å²) in [7, 11) is 1.54. The van der Waals surface area contributed by atoms with Gasteiger partial charge in [0.15, 0.2) is 10.2 Å². The fourth-order valence-electron chi connectivity index (χ4n) is 1.34. The SMILES string of the molecule is COC[C@@H](O)c1nsc(Sc2ccc(C)cc2)n1. The number of rotatable bonds is 5. The molecule has 0 saturated heterocycles. The van der Waals surface area contributed by atoms with Crippen LogP contribution in [0.15, 0.2) is 33.5 Å². The highest BCUT2D eigenvalue weighted by atomic mass is 32.2. The van der Waals surface area contributed by atoms with E-state index in [1.165, 1.54) is 24.2 Å². The first-order valence-corrected chi connectivity index (χ1v) is 7.03. The summed E-state index contributed by atoms with van der Waals surface area (Å²) >= 11 is 2.83. The van der Waals surface area contributed by atoms with Crippen LogP contribution in [0, 0.1) is 6.92 Å². The molecule has 96 valence electrons. The highest BCUT2D eigenvalue weighted by Crippen LogP contribution is 2.30. The van der Waals surface area contributed by atoms with E-state index in [2.05, 4.69) is 28.4 Å². The third kappa shape index (κ3) is 3.52. The maximum Gasteiger partial charge on any atom is 0.175 e. The topological polar surface area (TPSA) is 55.2 Å². The van der Waals surface area contributed by atoms with Crippen LogP contribution in [-0.4, -0.2) is 28.2 Å². The second-order valence-electron chi connectivity index (χ2n) is 3.80. The van der Waals surface area contributed by atoms with Crippen molar-refractivity contribution >= 4 is 23.3 Å². The van der Waals surface area contributed by atoms with Gasteiger partial charge in [-0.05, 0) is 30.6 Å². The Morgan fingerprint density at radius 3 is 2.78 bits per heavy atom. The van der Waals surface area contributed by atoms with Crippen LogP contribution in [0.1, 0.15) is 17.5 Å². The molecule has 0 bridgehead atoms. The maximum absolute atomic E-state index is 9.68. The summed E-state index contributed by atoms with van der Waals surface area (Å²) in [5, 5.41) is 9.68. The first kappa shape index (κ1) is 13.5. The molecule has 1 heterocycles. The molecule has 2 rings (SSSR count). The van der Waals surface area contributed by atoms with E-state index in [4.69, 9.17) is 4.74 Å². The first-order chi connectivity index (χ1) is 8.69. The number of aromatic nitrogens is 2. The van der Waals surface area contributed by atoms with Gasteiger partial charge in [-0.15, -0.1) is 0 Å². The summed E-state index contributed by atoms with van der Waals surface area (Å²) in [6, 6.07) is 8.22. The number of hydrogen-bond acceptors (Lipinski definition) is 6. The number of aliphatic hydroxyl groups excluding tert-OH is 1. The Morgan fingerprint density at radius 2 is 2.11 bits per heavy atom. The Hall–Kier alpha value is -0.950. The van der Waals surface area contributed by atoms with E-state index in [9.17, 15) is 5.11 Å². The Balaban J connectivity index is 2.04. The van der Waals surface area contributed by atoms with Crippen molar-refractivity contribution in [3.8, 4) is 0 Å². The van der Waals surface area contributed by atoms with Crippen LogP contribution < -0.4 is 0 Å². The van der Waals surface area contributed by atoms with Crippen molar-refractivity contribution in [3.63, 3.8) is 0 Å². The van der Waals surface area contributed by atoms with Gasteiger partial charge in [0, 0.05) is 12.0 Å². The molecular weight excluding hydrogens is 268 g/mol. The van der Waals surface area contributed by atoms with E-state index in [0.717, 1.165) is 9.24 Å². The summed E-state index contributed by atoms with van der Waals surface area (Å²) in [6.07, 6.45) is -0.751. The number of ether oxygens (including phenoxy) is 1. The molecular formula is C12H14N2O2S2. The number of aliphatic hydroxyl groups is 1. The van der Waals surface area contributed by atoms with Crippen molar-refractivity contribution in [2.75, 3.05) is 13.7 Å². The van der Waals surface area contributed by atoms with Crippen molar-refractivity contribution < 1.29 is 9.84 Å². The summed E-state index contributed by atoms with van der Waals surface area (Å²) in [6.45, 7) is 2.27. The molecule has 0 fully saturated rings. The minimum absolute atomic E-state index is 0.214. The van der Waals surface area contributed by atoms with Crippen molar-refractivity contribution in [2.45, 2.75) is 22.3 Å². The van der Waals surface area contributed by atoms with Gasteiger partial charge in [-0.1, -0.05) is 29.5 Å². The van der Waals surface area contributed by atoms with Gasteiger partial charge in [0.25, 0.3) is 0 Å². The summed E-state index contributed by atoms with van der Waals surface area (Å²) < 4.78 is 9.82. The fourth-order valence-corrected chi connectivity index (χ4v) is 2.97. The Labute approximate surface area is 114 Å². The van der Waals surface area contributed by atoms with Gasteiger partial charge in [-0.25, -0.2) is 4.98 Å². The number of nitrogens with zero attached hydrogens (tertiary/aromatic N) is 2. The lowest BCUT2D eigenvalue weighted by molar-refractivity contribution is 0.0593. The second kappa shape index (κ2) is 6.29. The smallest absolute Gasteiger partial charge is 0.175 e. The van der Waals surface area contributed by atoms with E-state index < -0.39 is 6.10 Å². The Bertz CT molecular complexity index is 499. The third-order valence-electron chi connectivity index (χ3n) is 2.27. The highest BCUT2D eigenvalue weighted by molar-refractivity contribution is 8.01. The molecule has 0 aliphatic heterocycles. The van der Waals surface area contributed by atoms with Crippen LogP contribution in [0.4, 0.5) is 0 Å². The normalized spacial score (nSPS) is 12.6. The van der Waals surface area contributed by atoms with Crippen molar-refractivity contribution in [2.24, 2.45) is 0 Å². The predicted octanol–water partition coefficient (Wildman–Crippen LogP) is 2.68. The lowest BCUT2D eigenvalue weighted by Gasteiger charge is -2.03. The molecule has 0 amide bonds.